The lowest BCUT2D eigenvalue weighted by molar-refractivity contribution is -0.120. The summed E-state index contributed by atoms with van der Waals surface area (Å²) in [5.41, 5.74) is 2.26. The van der Waals surface area contributed by atoms with E-state index in [2.05, 4.69) is 32.5 Å². The number of benzene rings is 5. The standard InChI is InChI=1S/C55H55N7O12S/c1-35-30-49(74-46(35)33-73-55(37-10-6-5-7-11-37,38-14-18-40(69-2)19-15-38)39-16-20-41(70-3)21-17-39)62-34-57-50-51(62)59-53(60-52(50)65)58-47(63)26-27-56-48(64)31-36-32-61(45-13-9-8-12-44(36)45)54(66)72-28-29-75(67,68)43-24-22-42(71-4)23-25-43/h5-25,32,34-35,46,49H,26-31,33H2,1-4H3,(H,56,64)(H2,58,59,60,63,65)/t35-,46-,49-/m1/s1. The molecule has 0 radical (unpaired) electrons. The monoisotopic (exact) mass is 1040 g/mol. The van der Waals surface area contributed by atoms with Crippen molar-refractivity contribution in [3.63, 3.8) is 0 Å². The van der Waals surface area contributed by atoms with Gasteiger partial charge in [-0.1, -0.05) is 79.7 Å². The molecule has 3 aromatic heterocycles. The third-order valence-corrected chi connectivity index (χ3v) is 14.9. The van der Waals surface area contributed by atoms with Gasteiger partial charge in [-0.2, -0.15) is 4.98 Å². The minimum Gasteiger partial charge on any atom is -0.497 e. The molecule has 20 heteroatoms. The molecule has 9 rings (SSSR count). The first-order valence-electron chi connectivity index (χ1n) is 24.1. The van der Waals surface area contributed by atoms with Gasteiger partial charge in [-0.3, -0.25) is 33.8 Å². The molecular weight excluding hydrogens is 983 g/mol. The number of hydrogen-bond donors (Lipinski definition) is 3. The number of rotatable bonds is 20. The second-order valence-corrected chi connectivity index (χ2v) is 20.0. The van der Waals surface area contributed by atoms with E-state index in [1.807, 2.05) is 78.9 Å². The normalized spacial score (nSPS) is 15.7. The molecule has 0 unspecified atom stereocenters. The van der Waals surface area contributed by atoms with Crippen molar-refractivity contribution < 1.29 is 51.2 Å². The quantitative estimate of drug-likeness (QED) is 0.0642. The highest BCUT2D eigenvalue weighted by molar-refractivity contribution is 7.91. The highest BCUT2D eigenvalue weighted by Gasteiger charge is 2.42. The number of amides is 2. The van der Waals surface area contributed by atoms with E-state index in [0.29, 0.717) is 40.1 Å². The molecule has 1 aliphatic rings. The number of anilines is 1. The number of H-pyrrole nitrogens is 1. The molecule has 8 aromatic rings. The Kier molecular flexibility index (Phi) is 15.4. The first kappa shape index (κ1) is 51.6. The number of methoxy groups -OCH3 is 3. The summed E-state index contributed by atoms with van der Waals surface area (Å²) in [5, 5.41) is 5.97. The van der Waals surface area contributed by atoms with E-state index >= 15 is 0 Å². The summed E-state index contributed by atoms with van der Waals surface area (Å²) < 4.78 is 63.9. The van der Waals surface area contributed by atoms with Gasteiger partial charge >= 0.3 is 6.09 Å². The molecule has 1 saturated heterocycles. The van der Waals surface area contributed by atoms with Gasteiger partial charge in [0.1, 0.15) is 35.7 Å². The zero-order valence-electron chi connectivity index (χ0n) is 41.6. The van der Waals surface area contributed by atoms with Crippen molar-refractivity contribution >= 4 is 55.8 Å². The third kappa shape index (κ3) is 11.1. The summed E-state index contributed by atoms with van der Waals surface area (Å²) >= 11 is 0. The maximum atomic E-state index is 13.3. The number of hydrogen-bond acceptors (Lipinski definition) is 14. The zero-order valence-corrected chi connectivity index (χ0v) is 42.4. The van der Waals surface area contributed by atoms with Crippen molar-refractivity contribution in [2.75, 3.05) is 52.2 Å². The molecule has 1 fully saturated rings. The molecule has 2 amide bonds. The van der Waals surface area contributed by atoms with E-state index < -0.39 is 63.6 Å². The van der Waals surface area contributed by atoms with E-state index in [0.717, 1.165) is 16.7 Å². The second-order valence-electron chi connectivity index (χ2n) is 17.9. The highest BCUT2D eigenvalue weighted by Crippen LogP contribution is 2.43. The average Bonchev–Trinajstić information content (AvgIpc) is 4.15. The second kappa shape index (κ2) is 22.4. The van der Waals surface area contributed by atoms with Crippen molar-refractivity contribution in [2.45, 2.75) is 49.0 Å². The molecule has 19 nitrogen and oxygen atoms in total. The van der Waals surface area contributed by atoms with Crippen LogP contribution in [0, 0.1) is 5.92 Å². The molecule has 75 heavy (non-hydrogen) atoms. The summed E-state index contributed by atoms with van der Waals surface area (Å²) in [7, 11) is 0.969. The number of nitrogens with one attached hydrogen (secondary N) is 3. The van der Waals surface area contributed by atoms with Crippen LogP contribution in [-0.2, 0) is 45.7 Å². The van der Waals surface area contributed by atoms with E-state index in [-0.39, 0.29) is 53.9 Å². The predicted octanol–water partition coefficient (Wildman–Crippen LogP) is 7.18. The van der Waals surface area contributed by atoms with Gasteiger partial charge in [0.2, 0.25) is 17.8 Å². The Hall–Kier alpha value is -8.33. The molecule has 5 aromatic carbocycles. The van der Waals surface area contributed by atoms with Crippen molar-refractivity contribution in [3.05, 3.63) is 173 Å². The fourth-order valence-corrected chi connectivity index (χ4v) is 10.3. The maximum absolute atomic E-state index is 13.3. The fourth-order valence-electron chi connectivity index (χ4n) is 9.22. The first-order chi connectivity index (χ1) is 36.3. The van der Waals surface area contributed by atoms with Crippen molar-refractivity contribution in [1.82, 2.24) is 29.4 Å². The summed E-state index contributed by atoms with van der Waals surface area (Å²) in [6.07, 6.45) is 1.42. The van der Waals surface area contributed by atoms with Crippen molar-refractivity contribution in [2.24, 2.45) is 5.92 Å². The van der Waals surface area contributed by atoms with Crippen LogP contribution in [0.3, 0.4) is 0 Å². The molecule has 3 atom stereocenters. The Morgan fingerprint density at radius 2 is 1.41 bits per heavy atom. The smallest absolute Gasteiger partial charge is 0.418 e. The van der Waals surface area contributed by atoms with Crippen LogP contribution in [0.4, 0.5) is 10.7 Å². The Morgan fingerprint density at radius 1 is 0.800 bits per heavy atom. The lowest BCUT2D eigenvalue weighted by Crippen LogP contribution is -2.36. The fraction of sp³-hybridized carbons (Fsp3) is 0.273. The molecule has 4 heterocycles. The minimum absolute atomic E-state index is 0.00545. The van der Waals surface area contributed by atoms with Gasteiger partial charge in [-0.05, 0) is 89.2 Å². The minimum atomic E-state index is -3.75. The molecule has 388 valence electrons. The maximum Gasteiger partial charge on any atom is 0.418 e. The number of aromatic nitrogens is 5. The number of carbonyl (C=O) groups excluding carboxylic acids is 3. The van der Waals surface area contributed by atoms with Gasteiger partial charge in [0.05, 0.1) is 63.0 Å². The SMILES string of the molecule is COc1ccc(C(OC[C@H]2O[C@@H](n3cnc4c(=O)[nH]c(NC(=O)CCNC(=O)Cc5cn(C(=O)OCCS(=O)(=O)c6ccc(OC)cc6)c6ccccc56)nc43)C[C@H]2C)(c2ccccc2)c2ccc(OC)cc2)cc1. The lowest BCUT2D eigenvalue weighted by Gasteiger charge is -2.37. The summed E-state index contributed by atoms with van der Waals surface area (Å²) in [5.74, 6) is 0.395. The van der Waals surface area contributed by atoms with Crippen LogP contribution in [0.1, 0.15) is 48.2 Å². The molecule has 0 aliphatic carbocycles. The van der Waals surface area contributed by atoms with Gasteiger partial charge in [-0.25, -0.2) is 18.2 Å². The Balaban J connectivity index is 0.823. The van der Waals surface area contributed by atoms with Crippen LogP contribution >= 0.6 is 0 Å². The van der Waals surface area contributed by atoms with Crippen LogP contribution in [0.25, 0.3) is 22.1 Å². The number of para-hydroxylation sites is 1. The first-order valence-corrected chi connectivity index (χ1v) is 25.8. The number of ether oxygens (including phenoxy) is 6. The van der Waals surface area contributed by atoms with Crippen LogP contribution in [0.15, 0.2) is 150 Å². The topological polar surface area (TPSA) is 233 Å². The molecule has 1 aliphatic heterocycles. The summed E-state index contributed by atoms with van der Waals surface area (Å²) in [4.78, 5) is 64.5. The molecule has 0 spiro atoms. The van der Waals surface area contributed by atoms with E-state index in [1.54, 1.807) is 43.1 Å². The predicted molar refractivity (Wildman–Crippen MR) is 278 cm³/mol. The van der Waals surface area contributed by atoms with Gasteiger partial charge in [0.15, 0.2) is 21.0 Å². The van der Waals surface area contributed by atoms with Crippen molar-refractivity contribution in [1.29, 1.82) is 0 Å². The Bertz CT molecular complexity index is 3440. The Morgan fingerprint density at radius 3 is 2.07 bits per heavy atom. The number of imidazole rings is 1. The largest absolute Gasteiger partial charge is 0.497 e. The van der Waals surface area contributed by atoms with E-state index in [9.17, 15) is 27.6 Å². The number of sulfone groups is 1. The van der Waals surface area contributed by atoms with Gasteiger partial charge in [0, 0.05) is 24.5 Å². The lowest BCUT2D eigenvalue weighted by atomic mass is 9.80. The number of nitrogens with zero attached hydrogens (tertiary/aromatic N) is 4. The highest BCUT2D eigenvalue weighted by atomic mass is 32.2. The molecular formula is C55H55N7O12S. The summed E-state index contributed by atoms with van der Waals surface area (Å²) in [6, 6.07) is 38.3. The summed E-state index contributed by atoms with van der Waals surface area (Å²) in [6.45, 7) is 1.80. The molecule has 0 saturated carbocycles. The zero-order chi connectivity index (χ0) is 52.7. The number of fused-ring (bicyclic) bond motifs is 2. The molecule has 0 bridgehead atoms. The van der Waals surface area contributed by atoms with Crippen LogP contribution in [0.5, 0.6) is 17.2 Å². The average molecular weight is 1040 g/mol. The number of aromatic amines is 1. The van der Waals surface area contributed by atoms with Crippen LogP contribution in [-0.4, -0.2) is 103 Å². The number of carbonyl (C=O) groups is 3. The van der Waals surface area contributed by atoms with Gasteiger partial charge < -0.3 is 33.7 Å². The van der Waals surface area contributed by atoms with E-state index in [1.165, 1.54) is 48.5 Å². The molecule has 3 N–H and O–H groups in total. The van der Waals surface area contributed by atoms with Gasteiger partial charge in [0.25, 0.3) is 5.56 Å². The van der Waals surface area contributed by atoms with Gasteiger partial charge in [-0.15, -0.1) is 0 Å². The third-order valence-electron chi connectivity index (χ3n) is 13.2. The van der Waals surface area contributed by atoms with Crippen molar-refractivity contribution in [3.8, 4) is 17.2 Å². The van der Waals surface area contributed by atoms with E-state index in [4.69, 9.17) is 28.4 Å². The Labute approximate surface area is 431 Å². The van der Waals surface area contributed by atoms with Crippen LogP contribution in [0.2, 0.25) is 0 Å². The van der Waals surface area contributed by atoms with Crippen LogP contribution < -0.4 is 30.4 Å².